The molecule has 19 heavy (non-hydrogen) atoms. The van der Waals surface area contributed by atoms with Gasteiger partial charge in [-0.15, -0.1) is 0 Å². The molecule has 0 aromatic heterocycles. The van der Waals surface area contributed by atoms with Crippen LogP contribution in [0, 0.1) is 0 Å². The summed E-state index contributed by atoms with van der Waals surface area (Å²) in [5.41, 5.74) is 7.54. The molecule has 0 aliphatic carbocycles. The second kappa shape index (κ2) is 5.90. The lowest BCUT2D eigenvalue weighted by Crippen LogP contribution is -2.27. The molecule has 1 fully saturated rings. The monoisotopic (exact) mass is 314 g/mol. The normalized spacial score (nSPS) is 19.0. The molecular formula is C14H19ClN2S2. The summed E-state index contributed by atoms with van der Waals surface area (Å²) in [6, 6.07) is 5.84. The zero-order valence-electron chi connectivity index (χ0n) is 11.3. The summed E-state index contributed by atoms with van der Waals surface area (Å²) >= 11 is 13.4. The van der Waals surface area contributed by atoms with Crippen molar-refractivity contribution in [3.8, 4) is 0 Å². The molecule has 0 radical (unpaired) electrons. The number of halogens is 1. The summed E-state index contributed by atoms with van der Waals surface area (Å²) in [7, 11) is 0. The van der Waals surface area contributed by atoms with E-state index >= 15 is 0 Å². The van der Waals surface area contributed by atoms with Gasteiger partial charge >= 0.3 is 0 Å². The van der Waals surface area contributed by atoms with Gasteiger partial charge in [0.25, 0.3) is 0 Å². The topological polar surface area (TPSA) is 29.3 Å². The van der Waals surface area contributed by atoms with E-state index in [9.17, 15) is 0 Å². The van der Waals surface area contributed by atoms with Crippen molar-refractivity contribution >= 4 is 46.3 Å². The molecule has 0 unspecified atom stereocenters. The molecule has 0 amide bonds. The Hall–Kier alpha value is -0.450. The van der Waals surface area contributed by atoms with Gasteiger partial charge in [-0.3, -0.25) is 0 Å². The van der Waals surface area contributed by atoms with Crippen LogP contribution in [-0.2, 0) is 0 Å². The molecule has 2 N–H and O–H groups in total. The molecule has 2 nitrogen and oxygen atoms in total. The fourth-order valence-electron chi connectivity index (χ4n) is 2.18. The number of nitrogens with zero attached hydrogens (tertiary/aromatic N) is 1. The average molecular weight is 315 g/mol. The molecule has 0 saturated carbocycles. The summed E-state index contributed by atoms with van der Waals surface area (Å²) in [6.07, 6.45) is 1.16. The van der Waals surface area contributed by atoms with Crippen LogP contribution in [0.15, 0.2) is 18.2 Å². The minimum Gasteiger partial charge on any atom is -0.389 e. The Bertz CT molecular complexity index is 488. The first-order chi connectivity index (χ1) is 8.89. The van der Waals surface area contributed by atoms with Gasteiger partial charge < -0.3 is 10.6 Å². The van der Waals surface area contributed by atoms with E-state index in [0.29, 0.717) is 9.74 Å². The predicted octanol–water partition coefficient (Wildman–Crippen LogP) is 3.70. The molecule has 5 heteroatoms. The van der Waals surface area contributed by atoms with Crippen molar-refractivity contribution in [1.82, 2.24) is 0 Å². The fraction of sp³-hybridized carbons (Fsp3) is 0.500. The minimum atomic E-state index is 0.347. The van der Waals surface area contributed by atoms with Crippen LogP contribution < -0.4 is 10.6 Å². The van der Waals surface area contributed by atoms with E-state index in [1.807, 2.05) is 30.0 Å². The summed E-state index contributed by atoms with van der Waals surface area (Å²) in [6.45, 7) is 6.67. The van der Waals surface area contributed by atoms with Crippen LogP contribution in [-0.4, -0.2) is 28.6 Å². The Balaban J connectivity index is 2.20. The van der Waals surface area contributed by atoms with E-state index in [-0.39, 0.29) is 0 Å². The Morgan fingerprint density at radius 2 is 2.16 bits per heavy atom. The highest BCUT2D eigenvalue weighted by Gasteiger charge is 2.24. The van der Waals surface area contributed by atoms with E-state index in [2.05, 4.69) is 18.7 Å². The minimum absolute atomic E-state index is 0.347. The molecule has 1 saturated heterocycles. The predicted molar refractivity (Wildman–Crippen MR) is 90.7 cm³/mol. The molecule has 0 bridgehead atoms. The first-order valence-electron chi connectivity index (χ1n) is 6.37. The highest BCUT2D eigenvalue weighted by atomic mass is 35.5. The Kier molecular flexibility index (Phi) is 4.64. The summed E-state index contributed by atoms with van der Waals surface area (Å²) in [5, 5.41) is 0.731. The number of hydrogen-bond acceptors (Lipinski definition) is 3. The highest BCUT2D eigenvalue weighted by Crippen LogP contribution is 2.34. The third-order valence-corrected chi connectivity index (χ3v) is 5.32. The maximum Gasteiger partial charge on any atom is 0.104 e. The zero-order valence-corrected chi connectivity index (χ0v) is 13.7. The molecule has 0 atom stereocenters. The van der Waals surface area contributed by atoms with Crippen molar-refractivity contribution < 1.29 is 0 Å². The third-order valence-electron chi connectivity index (χ3n) is 3.41. The standard InChI is InChI=1S/C14H19ClN2S2/c1-14(2)5-6-17(7-8-19-14)12-4-3-10(13(16)18)9-11(12)15/h3-4,9H,5-8H2,1-2H3,(H2,16,18). The van der Waals surface area contributed by atoms with Crippen LogP contribution >= 0.6 is 35.6 Å². The lowest BCUT2D eigenvalue weighted by atomic mass is 10.1. The number of rotatable bonds is 2. The molecule has 0 spiro atoms. The maximum absolute atomic E-state index is 6.37. The van der Waals surface area contributed by atoms with Gasteiger partial charge in [0, 0.05) is 29.2 Å². The van der Waals surface area contributed by atoms with E-state index in [1.54, 1.807) is 0 Å². The van der Waals surface area contributed by atoms with Crippen molar-refractivity contribution in [2.75, 3.05) is 23.7 Å². The summed E-state index contributed by atoms with van der Waals surface area (Å²) < 4.78 is 0.347. The number of hydrogen-bond donors (Lipinski definition) is 1. The van der Waals surface area contributed by atoms with Gasteiger partial charge in [-0.2, -0.15) is 11.8 Å². The number of benzene rings is 1. The van der Waals surface area contributed by atoms with E-state index in [1.165, 1.54) is 0 Å². The molecule has 1 heterocycles. The third kappa shape index (κ3) is 3.77. The van der Waals surface area contributed by atoms with E-state index < -0.39 is 0 Å². The SMILES string of the molecule is CC1(C)CCN(c2ccc(C(N)=S)cc2Cl)CCS1. The van der Waals surface area contributed by atoms with Crippen LogP contribution in [0.5, 0.6) is 0 Å². The van der Waals surface area contributed by atoms with Gasteiger partial charge in [0.15, 0.2) is 0 Å². The lowest BCUT2D eigenvalue weighted by molar-refractivity contribution is 0.638. The van der Waals surface area contributed by atoms with Gasteiger partial charge in [-0.05, 0) is 24.6 Å². The van der Waals surface area contributed by atoms with E-state index in [4.69, 9.17) is 29.6 Å². The van der Waals surface area contributed by atoms with Crippen molar-refractivity contribution in [1.29, 1.82) is 0 Å². The second-order valence-corrected chi connectivity index (χ2v) is 8.02. The molecule has 1 aromatic carbocycles. The second-order valence-electron chi connectivity index (χ2n) is 5.38. The van der Waals surface area contributed by atoms with Crippen LogP contribution in [0.2, 0.25) is 5.02 Å². The number of thiocarbonyl (C=S) groups is 1. The van der Waals surface area contributed by atoms with Crippen LogP contribution in [0.25, 0.3) is 0 Å². The van der Waals surface area contributed by atoms with Crippen molar-refractivity contribution in [2.45, 2.75) is 25.0 Å². The highest BCUT2D eigenvalue weighted by molar-refractivity contribution is 8.00. The van der Waals surface area contributed by atoms with E-state index in [0.717, 1.165) is 41.5 Å². The first-order valence-corrected chi connectivity index (χ1v) is 8.14. The van der Waals surface area contributed by atoms with Gasteiger partial charge in [-0.25, -0.2) is 0 Å². The zero-order chi connectivity index (χ0) is 14.0. The first kappa shape index (κ1) is 14.9. The Morgan fingerprint density at radius 1 is 1.42 bits per heavy atom. The number of anilines is 1. The largest absolute Gasteiger partial charge is 0.389 e. The average Bonchev–Trinajstić information content (AvgIpc) is 2.50. The van der Waals surface area contributed by atoms with Crippen molar-refractivity contribution in [3.63, 3.8) is 0 Å². The van der Waals surface area contributed by atoms with Gasteiger partial charge in [0.05, 0.1) is 10.7 Å². The van der Waals surface area contributed by atoms with Crippen LogP contribution in [0.1, 0.15) is 25.8 Å². The number of thioether (sulfide) groups is 1. The molecular weight excluding hydrogens is 296 g/mol. The lowest BCUT2D eigenvalue weighted by Gasteiger charge is -2.25. The Labute approximate surface area is 129 Å². The smallest absolute Gasteiger partial charge is 0.104 e. The Morgan fingerprint density at radius 3 is 2.79 bits per heavy atom. The van der Waals surface area contributed by atoms with Crippen molar-refractivity contribution in [3.05, 3.63) is 28.8 Å². The van der Waals surface area contributed by atoms with Crippen LogP contribution in [0.4, 0.5) is 5.69 Å². The fourth-order valence-corrected chi connectivity index (χ4v) is 3.70. The summed E-state index contributed by atoms with van der Waals surface area (Å²) in [4.78, 5) is 2.74. The maximum atomic E-state index is 6.37. The van der Waals surface area contributed by atoms with Crippen molar-refractivity contribution in [2.24, 2.45) is 5.73 Å². The number of nitrogens with two attached hydrogens (primary N) is 1. The molecule has 2 rings (SSSR count). The van der Waals surface area contributed by atoms with Gasteiger partial charge in [-0.1, -0.05) is 37.7 Å². The van der Waals surface area contributed by atoms with Gasteiger partial charge in [0.1, 0.15) is 4.99 Å². The van der Waals surface area contributed by atoms with Crippen LogP contribution in [0.3, 0.4) is 0 Å². The quantitative estimate of drug-likeness (QED) is 0.843. The molecule has 1 aliphatic rings. The molecule has 1 aromatic rings. The molecule has 104 valence electrons. The summed E-state index contributed by atoms with van der Waals surface area (Å²) in [5.74, 6) is 1.13. The van der Waals surface area contributed by atoms with Gasteiger partial charge in [0.2, 0.25) is 0 Å². The molecule has 1 aliphatic heterocycles.